The van der Waals surface area contributed by atoms with Crippen molar-refractivity contribution in [1.82, 2.24) is 10.2 Å². The first-order valence-electron chi connectivity index (χ1n) is 8.35. The lowest BCUT2D eigenvalue weighted by Crippen LogP contribution is -2.51. The Balaban J connectivity index is 1.43. The molecule has 0 aromatic carbocycles. The number of nitrogens with one attached hydrogen (secondary N) is 1. The monoisotopic (exact) mass is 266 g/mol. The van der Waals surface area contributed by atoms with Gasteiger partial charge in [0.25, 0.3) is 0 Å². The van der Waals surface area contributed by atoms with Crippen molar-refractivity contribution in [3.8, 4) is 0 Å². The van der Waals surface area contributed by atoms with E-state index in [2.05, 4.69) is 17.1 Å². The zero-order valence-electron chi connectivity index (χ0n) is 12.5. The normalized spacial score (nSPS) is 37.4. The summed E-state index contributed by atoms with van der Waals surface area (Å²) in [7, 11) is 0. The summed E-state index contributed by atoms with van der Waals surface area (Å²) in [4.78, 5) is 2.70. The Bertz CT molecular complexity index is 286. The van der Waals surface area contributed by atoms with Crippen molar-refractivity contribution in [1.29, 1.82) is 0 Å². The van der Waals surface area contributed by atoms with Crippen molar-refractivity contribution in [3.05, 3.63) is 0 Å². The van der Waals surface area contributed by atoms with E-state index >= 15 is 0 Å². The Kier molecular flexibility index (Phi) is 4.45. The lowest BCUT2D eigenvalue weighted by atomic mass is 9.95. The Morgan fingerprint density at radius 2 is 2.16 bits per heavy atom. The number of nitrogens with zero attached hydrogens (tertiary/aromatic N) is 1. The highest BCUT2D eigenvalue weighted by Gasteiger charge is 2.42. The largest absolute Gasteiger partial charge is 0.378 e. The van der Waals surface area contributed by atoms with Crippen LogP contribution in [-0.4, -0.2) is 49.3 Å². The van der Waals surface area contributed by atoms with E-state index in [4.69, 9.17) is 4.74 Å². The second-order valence-corrected chi connectivity index (χ2v) is 7.03. The van der Waals surface area contributed by atoms with Gasteiger partial charge in [0.1, 0.15) is 0 Å². The zero-order chi connectivity index (χ0) is 13.1. The van der Waals surface area contributed by atoms with Crippen molar-refractivity contribution in [2.24, 2.45) is 5.92 Å². The predicted molar refractivity (Wildman–Crippen MR) is 78.4 cm³/mol. The summed E-state index contributed by atoms with van der Waals surface area (Å²) < 4.78 is 5.73. The van der Waals surface area contributed by atoms with Crippen LogP contribution in [0.1, 0.15) is 51.9 Å². The van der Waals surface area contributed by atoms with Gasteiger partial charge in [-0.25, -0.2) is 0 Å². The molecule has 0 spiro atoms. The molecule has 0 amide bonds. The van der Waals surface area contributed by atoms with Crippen LogP contribution < -0.4 is 5.32 Å². The maximum atomic E-state index is 5.73. The van der Waals surface area contributed by atoms with Crippen LogP contribution in [0.3, 0.4) is 0 Å². The van der Waals surface area contributed by atoms with Gasteiger partial charge < -0.3 is 15.0 Å². The smallest absolute Gasteiger partial charge is 0.0576 e. The van der Waals surface area contributed by atoms with E-state index in [9.17, 15) is 0 Å². The summed E-state index contributed by atoms with van der Waals surface area (Å²) in [6, 6.07) is 0. The van der Waals surface area contributed by atoms with Crippen LogP contribution in [0.15, 0.2) is 0 Å². The fraction of sp³-hybridized carbons (Fsp3) is 1.00. The average molecular weight is 266 g/mol. The first-order chi connectivity index (χ1) is 9.26. The van der Waals surface area contributed by atoms with E-state index in [1.54, 1.807) is 0 Å². The van der Waals surface area contributed by atoms with Crippen LogP contribution in [0, 0.1) is 5.92 Å². The van der Waals surface area contributed by atoms with E-state index < -0.39 is 0 Å². The molecular formula is C16H30N2O. The molecule has 1 aliphatic carbocycles. The molecule has 3 aliphatic rings. The van der Waals surface area contributed by atoms with Gasteiger partial charge in [0, 0.05) is 18.7 Å². The van der Waals surface area contributed by atoms with Crippen LogP contribution in [0.2, 0.25) is 0 Å². The van der Waals surface area contributed by atoms with Crippen molar-refractivity contribution in [3.63, 3.8) is 0 Å². The number of hydrogen-bond donors (Lipinski definition) is 1. The van der Waals surface area contributed by atoms with Crippen molar-refractivity contribution in [2.75, 3.05) is 32.8 Å². The summed E-state index contributed by atoms with van der Waals surface area (Å²) in [6.45, 7) is 8.45. The van der Waals surface area contributed by atoms with Gasteiger partial charge in [-0.3, -0.25) is 0 Å². The van der Waals surface area contributed by atoms with Crippen LogP contribution in [0.5, 0.6) is 0 Å². The molecule has 0 aromatic heterocycles. The van der Waals surface area contributed by atoms with Crippen LogP contribution in [0.25, 0.3) is 0 Å². The fourth-order valence-corrected chi connectivity index (χ4v) is 3.88. The zero-order valence-corrected chi connectivity index (χ0v) is 12.5. The van der Waals surface area contributed by atoms with Gasteiger partial charge in [-0.15, -0.1) is 0 Å². The second kappa shape index (κ2) is 6.11. The van der Waals surface area contributed by atoms with Crippen LogP contribution in [-0.2, 0) is 4.74 Å². The van der Waals surface area contributed by atoms with E-state index in [1.165, 1.54) is 71.1 Å². The van der Waals surface area contributed by atoms with Gasteiger partial charge in [-0.05, 0) is 77.4 Å². The molecule has 19 heavy (non-hydrogen) atoms. The average Bonchev–Trinajstić information content (AvgIpc) is 3.16. The molecule has 1 saturated carbocycles. The van der Waals surface area contributed by atoms with Gasteiger partial charge in [-0.2, -0.15) is 0 Å². The van der Waals surface area contributed by atoms with Crippen molar-refractivity contribution in [2.45, 2.75) is 63.5 Å². The quantitative estimate of drug-likeness (QED) is 0.827. The third kappa shape index (κ3) is 3.71. The number of ether oxygens (including phenoxy) is 1. The molecule has 3 heteroatoms. The van der Waals surface area contributed by atoms with Gasteiger partial charge in [0.2, 0.25) is 0 Å². The molecule has 0 radical (unpaired) electrons. The molecule has 3 nitrogen and oxygen atoms in total. The molecule has 3 fully saturated rings. The predicted octanol–water partition coefficient (Wildman–Crippen LogP) is 2.41. The Morgan fingerprint density at radius 3 is 2.89 bits per heavy atom. The first-order valence-corrected chi connectivity index (χ1v) is 8.35. The minimum Gasteiger partial charge on any atom is -0.378 e. The lowest BCUT2D eigenvalue weighted by Gasteiger charge is -2.34. The van der Waals surface area contributed by atoms with E-state index in [0.717, 1.165) is 12.5 Å². The van der Waals surface area contributed by atoms with Gasteiger partial charge in [0.15, 0.2) is 0 Å². The molecular weight excluding hydrogens is 236 g/mol. The second-order valence-electron chi connectivity index (χ2n) is 7.03. The van der Waals surface area contributed by atoms with E-state index in [1.807, 2.05) is 0 Å². The highest BCUT2D eigenvalue weighted by atomic mass is 16.5. The molecule has 110 valence electrons. The lowest BCUT2D eigenvalue weighted by molar-refractivity contribution is 0.0973. The first kappa shape index (κ1) is 13.8. The third-order valence-electron chi connectivity index (χ3n) is 5.23. The van der Waals surface area contributed by atoms with Gasteiger partial charge in [0.05, 0.1) is 6.10 Å². The van der Waals surface area contributed by atoms with Gasteiger partial charge in [-0.1, -0.05) is 0 Å². The molecule has 2 atom stereocenters. The van der Waals surface area contributed by atoms with Crippen molar-refractivity contribution >= 4 is 0 Å². The molecule has 3 rings (SSSR count). The molecule has 2 aliphatic heterocycles. The molecule has 0 aromatic rings. The maximum Gasteiger partial charge on any atom is 0.0576 e. The minimum atomic E-state index is 0.389. The highest BCUT2D eigenvalue weighted by molar-refractivity contribution is 5.00. The Hall–Kier alpha value is -0.120. The highest BCUT2D eigenvalue weighted by Crippen LogP contribution is 2.40. The maximum absolute atomic E-state index is 5.73. The Labute approximate surface area is 118 Å². The minimum absolute atomic E-state index is 0.389. The standard InChI is InChI=1S/C16H30N2O/c1-16(14-7-8-14)13-18(11-4-9-17-16)10-2-5-15-6-3-12-19-15/h14-15,17H,2-13H2,1H3. The summed E-state index contributed by atoms with van der Waals surface area (Å²) in [5.74, 6) is 0.936. The number of rotatable bonds is 5. The molecule has 1 N–H and O–H groups in total. The van der Waals surface area contributed by atoms with Gasteiger partial charge >= 0.3 is 0 Å². The molecule has 0 bridgehead atoms. The summed E-state index contributed by atoms with van der Waals surface area (Å²) in [5, 5.41) is 3.82. The third-order valence-corrected chi connectivity index (χ3v) is 5.23. The summed E-state index contributed by atoms with van der Waals surface area (Å²) >= 11 is 0. The fourth-order valence-electron chi connectivity index (χ4n) is 3.88. The number of hydrogen-bond acceptors (Lipinski definition) is 3. The summed E-state index contributed by atoms with van der Waals surface area (Å²) in [5.41, 5.74) is 0.389. The SMILES string of the molecule is CC1(C2CC2)CN(CCCC2CCCO2)CCCN1. The van der Waals surface area contributed by atoms with Crippen LogP contribution in [0.4, 0.5) is 0 Å². The molecule has 2 unspecified atom stereocenters. The van der Waals surface area contributed by atoms with Crippen molar-refractivity contribution < 1.29 is 4.74 Å². The molecule has 2 heterocycles. The van der Waals surface area contributed by atoms with Crippen LogP contribution >= 0.6 is 0 Å². The topological polar surface area (TPSA) is 24.5 Å². The van der Waals surface area contributed by atoms with E-state index in [0.29, 0.717) is 11.6 Å². The van der Waals surface area contributed by atoms with E-state index in [-0.39, 0.29) is 0 Å². The Morgan fingerprint density at radius 1 is 1.26 bits per heavy atom. The molecule has 2 saturated heterocycles. The summed E-state index contributed by atoms with van der Waals surface area (Å²) in [6.07, 6.45) is 9.90.